The summed E-state index contributed by atoms with van der Waals surface area (Å²) in [5.74, 6) is 1.02. The van der Waals surface area contributed by atoms with E-state index in [4.69, 9.17) is 25.8 Å². The van der Waals surface area contributed by atoms with Crippen LogP contribution >= 0.6 is 23.5 Å². The Bertz CT molecular complexity index is 1200. The third-order valence-corrected chi connectivity index (χ3v) is 5.80. The summed E-state index contributed by atoms with van der Waals surface area (Å²) in [4.78, 5) is 8.51. The molecule has 11 heteroatoms. The van der Waals surface area contributed by atoms with Gasteiger partial charge in [-0.25, -0.2) is 4.39 Å². The van der Waals surface area contributed by atoms with Gasteiger partial charge in [0.2, 0.25) is 5.76 Å². The van der Waals surface area contributed by atoms with Gasteiger partial charge in [0.05, 0.1) is 35.3 Å². The number of aromatic nitrogens is 3. The van der Waals surface area contributed by atoms with Gasteiger partial charge in [0.15, 0.2) is 0 Å². The van der Waals surface area contributed by atoms with Crippen LogP contribution in [0.1, 0.15) is 6.92 Å². The smallest absolute Gasteiger partial charge is 0.262 e. The van der Waals surface area contributed by atoms with Crippen LogP contribution in [-0.2, 0) is 21.3 Å². The zero-order valence-electron chi connectivity index (χ0n) is 18.7. The maximum atomic E-state index is 12.6. The molecule has 0 aliphatic carbocycles. The van der Waals surface area contributed by atoms with Crippen LogP contribution in [0.25, 0.3) is 22.2 Å². The lowest BCUT2D eigenvalue weighted by atomic mass is 10.1. The number of benzene rings is 1. The molecule has 3 rings (SSSR count). The Morgan fingerprint density at radius 1 is 1.33 bits per heavy atom. The highest BCUT2D eigenvalue weighted by Crippen LogP contribution is 2.37. The van der Waals surface area contributed by atoms with E-state index < -0.39 is 6.67 Å². The van der Waals surface area contributed by atoms with Crippen LogP contribution in [0.2, 0.25) is 5.02 Å². The summed E-state index contributed by atoms with van der Waals surface area (Å²) in [5, 5.41) is 6.04. The number of nitrogens with one attached hydrogen (secondary N) is 2. The molecule has 0 radical (unpaired) electrons. The molecule has 0 aliphatic heterocycles. The van der Waals surface area contributed by atoms with Crippen LogP contribution < -0.4 is 4.72 Å². The molecule has 2 heterocycles. The summed E-state index contributed by atoms with van der Waals surface area (Å²) in [6.45, 7) is 4.78. The van der Waals surface area contributed by atoms with Crippen molar-refractivity contribution in [3.63, 3.8) is 0 Å². The second-order valence-electron chi connectivity index (χ2n) is 6.77. The normalized spacial score (nSPS) is 12.5. The molecule has 2 N–H and O–H groups in total. The molecule has 1 aromatic carbocycles. The van der Waals surface area contributed by atoms with E-state index in [0.717, 1.165) is 27.1 Å². The molecule has 0 bridgehead atoms. The molecule has 0 aliphatic rings. The quantitative estimate of drug-likeness (QED) is 0.175. The van der Waals surface area contributed by atoms with Crippen LogP contribution in [0, 0.1) is 0 Å². The number of aromatic amines is 1. The van der Waals surface area contributed by atoms with Crippen molar-refractivity contribution in [3.05, 3.63) is 59.5 Å². The van der Waals surface area contributed by atoms with Gasteiger partial charge in [-0.2, -0.15) is 10.1 Å². The second-order valence-corrected chi connectivity index (χ2v) is 8.03. The van der Waals surface area contributed by atoms with Gasteiger partial charge in [-0.05, 0) is 31.0 Å². The van der Waals surface area contributed by atoms with Gasteiger partial charge in [-0.3, -0.25) is 4.68 Å². The number of H-pyrrole nitrogens is 1. The molecule has 0 unspecified atom stereocenters. The fourth-order valence-corrected chi connectivity index (χ4v) is 3.95. The number of halogens is 2. The molecule has 0 saturated heterocycles. The topological polar surface area (TPSA) is 85.7 Å². The maximum absolute atomic E-state index is 12.6. The number of hydrogen-bond donors (Lipinski definition) is 2. The number of nitrogens with zero attached hydrogens (tertiary/aromatic N) is 3. The van der Waals surface area contributed by atoms with Gasteiger partial charge in [-0.15, -0.1) is 0 Å². The number of rotatable bonds is 10. The fourth-order valence-electron chi connectivity index (χ4n) is 3.03. The van der Waals surface area contributed by atoms with E-state index >= 15 is 0 Å². The summed E-state index contributed by atoms with van der Waals surface area (Å²) >= 11 is 7.79. The summed E-state index contributed by atoms with van der Waals surface area (Å²) < 4.78 is 33.3. The average Bonchev–Trinajstić information content (AvgIpc) is 3.42. The van der Waals surface area contributed by atoms with Gasteiger partial charge in [-0.1, -0.05) is 24.2 Å². The van der Waals surface area contributed by atoms with Gasteiger partial charge in [0, 0.05) is 30.4 Å². The Hall–Kier alpha value is -3.11. The Kier molecular flexibility index (Phi) is 8.29. The summed E-state index contributed by atoms with van der Waals surface area (Å²) in [6.07, 6.45) is 3.73. The largest absolute Gasteiger partial charge is 0.497 e. The predicted octanol–water partition coefficient (Wildman–Crippen LogP) is 5.20. The minimum Gasteiger partial charge on any atom is -0.497 e. The SMILES string of the molecule is C=C(/N=C(OC)\C(OCCF)=C(/C)OC)NSc1c[nH]c2c(-c3ccn(C)n3)c(Cl)ccc12. The molecule has 0 saturated carbocycles. The Morgan fingerprint density at radius 3 is 2.76 bits per heavy atom. The van der Waals surface area contributed by atoms with Crippen molar-refractivity contribution in [1.29, 1.82) is 0 Å². The number of alkyl halides is 1. The Balaban J connectivity index is 1.82. The van der Waals surface area contributed by atoms with Crippen LogP contribution in [0.5, 0.6) is 0 Å². The molecule has 0 spiro atoms. The summed E-state index contributed by atoms with van der Waals surface area (Å²) in [5.41, 5.74) is 2.48. The zero-order valence-corrected chi connectivity index (χ0v) is 20.3. The van der Waals surface area contributed by atoms with Crippen molar-refractivity contribution in [2.45, 2.75) is 11.8 Å². The second kappa shape index (κ2) is 11.2. The molecule has 33 heavy (non-hydrogen) atoms. The van der Waals surface area contributed by atoms with Gasteiger partial charge >= 0.3 is 0 Å². The first-order valence-corrected chi connectivity index (χ1v) is 11.1. The number of ether oxygens (including phenoxy) is 3. The number of aliphatic imine (C=N–C) groups is 1. The number of methoxy groups -OCH3 is 2. The third kappa shape index (κ3) is 5.63. The van der Waals surface area contributed by atoms with E-state index in [1.807, 2.05) is 37.6 Å². The van der Waals surface area contributed by atoms with E-state index in [-0.39, 0.29) is 18.3 Å². The lowest BCUT2D eigenvalue weighted by molar-refractivity contribution is 0.167. The van der Waals surface area contributed by atoms with Crippen molar-refractivity contribution in [2.75, 3.05) is 27.5 Å². The minimum atomic E-state index is -0.655. The molecule has 3 aromatic rings. The van der Waals surface area contributed by atoms with Crippen LogP contribution in [-0.4, -0.2) is 48.2 Å². The van der Waals surface area contributed by atoms with Crippen molar-refractivity contribution in [3.8, 4) is 11.3 Å². The molecule has 0 fully saturated rings. The number of fused-ring (bicyclic) bond motifs is 1. The van der Waals surface area contributed by atoms with E-state index in [2.05, 4.69) is 26.4 Å². The monoisotopic (exact) mass is 493 g/mol. The molecule has 0 atom stereocenters. The van der Waals surface area contributed by atoms with E-state index in [9.17, 15) is 4.39 Å². The Morgan fingerprint density at radius 2 is 2.12 bits per heavy atom. The average molecular weight is 494 g/mol. The first-order valence-electron chi connectivity index (χ1n) is 9.87. The van der Waals surface area contributed by atoms with Crippen LogP contribution in [0.3, 0.4) is 0 Å². The van der Waals surface area contributed by atoms with Crippen LogP contribution in [0.4, 0.5) is 4.39 Å². The molecule has 176 valence electrons. The minimum absolute atomic E-state index is 0.115. The lowest BCUT2D eigenvalue weighted by Gasteiger charge is -2.14. The van der Waals surface area contributed by atoms with Crippen molar-refractivity contribution < 1.29 is 18.6 Å². The first-order chi connectivity index (χ1) is 15.9. The predicted molar refractivity (Wildman–Crippen MR) is 130 cm³/mol. The fraction of sp³-hybridized carbons (Fsp3) is 0.273. The standard InChI is InChI=1S/C22H25ClFN5O3S/c1-13(30-4)21(32-11-9-24)22(31-5)26-14(2)28-33-18-12-25-20-15(18)6-7-16(23)19(20)17-8-10-29(3)27-17/h6-8,10,12,25,28H,2,9,11H2,1,3-5H3/b21-13-,26-22+. The summed E-state index contributed by atoms with van der Waals surface area (Å²) in [7, 11) is 4.77. The number of aryl methyl sites for hydroxylation is 1. The highest BCUT2D eigenvalue weighted by Gasteiger charge is 2.17. The summed E-state index contributed by atoms with van der Waals surface area (Å²) in [6, 6.07) is 5.69. The molecular formula is C22H25ClFN5O3S. The van der Waals surface area contributed by atoms with Crippen molar-refractivity contribution in [1.82, 2.24) is 19.5 Å². The Labute approximate surface area is 200 Å². The highest BCUT2D eigenvalue weighted by atomic mass is 35.5. The van der Waals surface area contributed by atoms with Crippen LogP contribution in [0.15, 0.2) is 64.4 Å². The number of hydrogen-bond acceptors (Lipinski definition) is 7. The van der Waals surface area contributed by atoms with E-state index in [0.29, 0.717) is 16.6 Å². The molecule has 2 aromatic heterocycles. The molecule has 8 nitrogen and oxygen atoms in total. The van der Waals surface area contributed by atoms with E-state index in [1.165, 1.54) is 26.2 Å². The first kappa shape index (κ1) is 24.5. The highest BCUT2D eigenvalue weighted by molar-refractivity contribution is 7.97. The van der Waals surface area contributed by atoms with E-state index in [1.54, 1.807) is 11.6 Å². The van der Waals surface area contributed by atoms with Gasteiger partial charge in [0.25, 0.3) is 5.90 Å². The van der Waals surface area contributed by atoms with Gasteiger partial charge < -0.3 is 23.9 Å². The third-order valence-electron chi connectivity index (χ3n) is 4.59. The number of allylic oxidation sites excluding steroid dienone is 1. The van der Waals surface area contributed by atoms with Crippen molar-refractivity contribution in [2.24, 2.45) is 12.0 Å². The van der Waals surface area contributed by atoms with Crippen molar-refractivity contribution >= 4 is 40.3 Å². The molecular weight excluding hydrogens is 469 g/mol. The maximum Gasteiger partial charge on any atom is 0.262 e. The lowest BCUT2D eigenvalue weighted by Crippen LogP contribution is -2.15. The molecule has 0 amide bonds. The zero-order chi connectivity index (χ0) is 24.0. The van der Waals surface area contributed by atoms with Gasteiger partial charge in [0.1, 0.15) is 24.9 Å².